The van der Waals surface area contributed by atoms with Gasteiger partial charge in [-0.3, -0.25) is 9.59 Å². The Kier molecular flexibility index (Phi) is 10.6. The van der Waals surface area contributed by atoms with Crippen molar-refractivity contribution in [2.45, 2.75) is 92.5 Å². The van der Waals surface area contributed by atoms with Gasteiger partial charge >= 0.3 is 0 Å². The standard InChI is InChI=1S/C19H30N2O.C5H8O.C2H6/c1-6-16(18(22)21-11-9-14(2)13-21)12-17-8-7-10-19(4,5)20-15(17)3;1-4(6)5-2-3-5;1-2/h6,12,14,20H,1,7-11,13H2,2-5H3;5H,2-3H2,1H3;1-2H3/b16-12+;;/t14-;;/m0../s1. The number of hydrogen-bond donors (Lipinski definition) is 1. The second-order valence-corrected chi connectivity index (χ2v) is 9.35. The van der Waals surface area contributed by atoms with Gasteiger partial charge in [-0.15, -0.1) is 0 Å². The van der Waals surface area contributed by atoms with Crippen LogP contribution in [0.15, 0.2) is 35.6 Å². The Bertz CT molecular complexity index is 669. The minimum absolute atomic E-state index is 0.127. The molecular formula is C26H44N2O2. The lowest BCUT2D eigenvalue weighted by molar-refractivity contribution is -0.125. The zero-order valence-electron chi connectivity index (χ0n) is 20.4. The van der Waals surface area contributed by atoms with Crippen LogP contribution >= 0.6 is 0 Å². The molecule has 1 atom stereocenters. The molecule has 1 aliphatic carbocycles. The van der Waals surface area contributed by atoms with Gasteiger partial charge in [-0.05, 0) is 83.8 Å². The molecule has 1 saturated heterocycles. The highest BCUT2D eigenvalue weighted by molar-refractivity contribution is 5.96. The van der Waals surface area contributed by atoms with E-state index in [4.69, 9.17) is 0 Å². The largest absolute Gasteiger partial charge is 0.383 e. The molecule has 0 aromatic carbocycles. The summed E-state index contributed by atoms with van der Waals surface area (Å²) in [4.78, 5) is 24.8. The summed E-state index contributed by atoms with van der Waals surface area (Å²) in [7, 11) is 0. The minimum Gasteiger partial charge on any atom is -0.383 e. The molecule has 1 saturated carbocycles. The van der Waals surface area contributed by atoms with Crippen molar-refractivity contribution in [2.75, 3.05) is 13.1 Å². The third-order valence-electron chi connectivity index (χ3n) is 5.92. The second kappa shape index (κ2) is 12.1. The molecule has 170 valence electrons. The maximum Gasteiger partial charge on any atom is 0.253 e. The van der Waals surface area contributed by atoms with Gasteiger partial charge in [0.2, 0.25) is 0 Å². The molecule has 2 aliphatic heterocycles. The van der Waals surface area contributed by atoms with Crippen LogP contribution in [0.5, 0.6) is 0 Å². The number of nitrogens with one attached hydrogen (secondary N) is 1. The zero-order valence-corrected chi connectivity index (χ0v) is 20.4. The molecule has 0 bridgehead atoms. The summed E-state index contributed by atoms with van der Waals surface area (Å²) in [5, 5.41) is 3.59. The highest BCUT2D eigenvalue weighted by atomic mass is 16.2. The van der Waals surface area contributed by atoms with Crippen LogP contribution in [0, 0.1) is 11.8 Å². The molecule has 4 heteroatoms. The van der Waals surface area contributed by atoms with Gasteiger partial charge in [-0.1, -0.05) is 33.4 Å². The van der Waals surface area contributed by atoms with Gasteiger partial charge in [0.05, 0.1) is 0 Å². The van der Waals surface area contributed by atoms with Crippen LogP contribution in [-0.2, 0) is 9.59 Å². The lowest BCUT2D eigenvalue weighted by atomic mass is 9.98. The number of amides is 1. The van der Waals surface area contributed by atoms with Crippen LogP contribution in [0.3, 0.4) is 0 Å². The van der Waals surface area contributed by atoms with E-state index in [-0.39, 0.29) is 11.4 Å². The van der Waals surface area contributed by atoms with Gasteiger partial charge in [0.1, 0.15) is 5.78 Å². The average Bonchev–Trinajstić information content (AvgIpc) is 3.48. The lowest BCUT2D eigenvalue weighted by Gasteiger charge is -2.26. The summed E-state index contributed by atoms with van der Waals surface area (Å²) in [6.07, 6.45) is 10.5. The van der Waals surface area contributed by atoms with Crippen LogP contribution in [-0.4, -0.2) is 35.2 Å². The molecule has 3 rings (SSSR count). The van der Waals surface area contributed by atoms with Gasteiger partial charge < -0.3 is 10.2 Å². The van der Waals surface area contributed by atoms with Gasteiger partial charge in [-0.25, -0.2) is 0 Å². The number of allylic oxidation sites excluding steroid dienone is 3. The number of likely N-dealkylation sites (tertiary alicyclic amines) is 1. The number of ketones is 1. The van der Waals surface area contributed by atoms with Gasteiger partial charge in [0, 0.05) is 35.8 Å². The van der Waals surface area contributed by atoms with E-state index in [1.54, 1.807) is 13.0 Å². The molecule has 0 spiro atoms. The summed E-state index contributed by atoms with van der Waals surface area (Å²) in [5.41, 5.74) is 3.28. The van der Waals surface area contributed by atoms with Crippen molar-refractivity contribution in [3.8, 4) is 0 Å². The molecule has 2 heterocycles. The maximum atomic E-state index is 12.7. The fourth-order valence-corrected chi connectivity index (χ4v) is 3.93. The number of carbonyl (C=O) groups excluding carboxylic acids is 2. The average molecular weight is 417 g/mol. The third kappa shape index (κ3) is 8.49. The van der Waals surface area contributed by atoms with E-state index in [2.05, 4.69) is 39.6 Å². The predicted molar refractivity (Wildman–Crippen MR) is 127 cm³/mol. The van der Waals surface area contributed by atoms with E-state index < -0.39 is 0 Å². The van der Waals surface area contributed by atoms with Crippen molar-refractivity contribution in [3.05, 3.63) is 35.6 Å². The molecule has 0 unspecified atom stereocenters. The van der Waals surface area contributed by atoms with Crippen LogP contribution in [0.1, 0.15) is 87.0 Å². The first-order valence-electron chi connectivity index (χ1n) is 11.7. The lowest BCUT2D eigenvalue weighted by Crippen LogP contribution is -2.36. The van der Waals surface area contributed by atoms with E-state index in [9.17, 15) is 9.59 Å². The smallest absolute Gasteiger partial charge is 0.253 e. The summed E-state index contributed by atoms with van der Waals surface area (Å²) >= 11 is 0. The zero-order chi connectivity index (χ0) is 22.9. The Balaban J connectivity index is 0.000000474. The molecular weight excluding hydrogens is 372 g/mol. The number of nitrogens with zero attached hydrogens (tertiary/aromatic N) is 1. The van der Waals surface area contributed by atoms with Crippen molar-refractivity contribution >= 4 is 11.7 Å². The highest BCUT2D eigenvalue weighted by Crippen LogP contribution is 2.29. The Hall–Kier alpha value is -1.84. The van der Waals surface area contributed by atoms with Crippen molar-refractivity contribution in [1.29, 1.82) is 0 Å². The first kappa shape index (κ1) is 26.2. The number of carbonyl (C=O) groups is 2. The molecule has 3 aliphatic rings. The Morgan fingerprint density at radius 2 is 1.83 bits per heavy atom. The molecule has 0 aromatic rings. The van der Waals surface area contributed by atoms with Gasteiger partial charge in [-0.2, -0.15) is 0 Å². The quantitative estimate of drug-likeness (QED) is 0.465. The normalized spacial score (nSPS) is 23.2. The second-order valence-electron chi connectivity index (χ2n) is 9.35. The van der Waals surface area contributed by atoms with E-state index in [1.807, 2.05) is 24.8 Å². The topological polar surface area (TPSA) is 49.4 Å². The highest BCUT2D eigenvalue weighted by Gasteiger charge is 2.26. The predicted octanol–water partition coefficient (Wildman–Crippen LogP) is 5.80. The van der Waals surface area contributed by atoms with E-state index >= 15 is 0 Å². The van der Waals surface area contributed by atoms with Crippen LogP contribution in [0.4, 0.5) is 0 Å². The first-order chi connectivity index (χ1) is 14.1. The Labute approximate surface area is 184 Å². The van der Waals surface area contributed by atoms with E-state index in [0.29, 0.717) is 17.6 Å². The first-order valence-corrected chi connectivity index (χ1v) is 11.7. The molecule has 0 radical (unpaired) electrons. The van der Waals surface area contributed by atoms with Crippen molar-refractivity contribution < 1.29 is 9.59 Å². The fourth-order valence-electron chi connectivity index (χ4n) is 3.93. The molecule has 1 N–H and O–H groups in total. The van der Waals surface area contributed by atoms with Crippen LogP contribution in [0.2, 0.25) is 0 Å². The molecule has 4 nitrogen and oxygen atoms in total. The Morgan fingerprint density at radius 3 is 2.27 bits per heavy atom. The summed E-state index contributed by atoms with van der Waals surface area (Å²) in [6, 6.07) is 0. The fraction of sp³-hybridized carbons (Fsp3) is 0.692. The van der Waals surface area contributed by atoms with E-state index in [0.717, 1.165) is 57.2 Å². The minimum atomic E-state index is 0.127. The van der Waals surface area contributed by atoms with Crippen molar-refractivity contribution in [1.82, 2.24) is 10.2 Å². The maximum absolute atomic E-state index is 12.7. The van der Waals surface area contributed by atoms with E-state index in [1.165, 1.54) is 11.3 Å². The number of Topliss-reactive ketones (excluding diaryl/α,β-unsaturated/α-hetero) is 1. The summed E-state index contributed by atoms with van der Waals surface area (Å²) in [6.45, 7) is 20.0. The number of rotatable bonds is 4. The summed E-state index contributed by atoms with van der Waals surface area (Å²) in [5.74, 6) is 1.57. The molecule has 30 heavy (non-hydrogen) atoms. The monoisotopic (exact) mass is 416 g/mol. The Morgan fingerprint density at radius 1 is 1.20 bits per heavy atom. The van der Waals surface area contributed by atoms with Gasteiger partial charge in [0.15, 0.2) is 0 Å². The summed E-state index contributed by atoms with van der Waals surface area (Å²) < 4.78 is 0. The molecule has 2 fully saturated rings. The molecule has 0 aromatic heterocycles. The SMILES string of the molecule is C=C/C(=C\C1=C(C)NC(C)(C)CCC1)C(=O)N1CC[C@H](C)C1.CC.CC(=O)C1CC1. The third-order valence-corrected chi connectivity index (χ3v) is 5.92. The molecule has 1 amide bonds. The van der Waals surface area contributed by atoms with Crippen molar-refractivity contribution in [3.63, 3.8) is 0 Å². The number of hydrogen-bond acceptors (Lipinski definition) is 3. The van der Waals surface area contributed by atoms with Gasteiger partial charge in [0.25, 0.3) is 5.91 Å². The van der Waals surface area contributed by atoms with Crippen LogP contribution < -0.4 is 5.32 Å². The van der Waals surface area contributed by atoms with Crippen molar-refractivity contribution in [2.24, 2.45) is 11.8 Å². The van der Waals surface area contributed by atoms with Crippen LogP contribution in [0.25, 0.3) is 0 Å².